The van der Waals surface area contributed by atoms with Crippen LogP contribution in [0.25, 0.3) is 10.8 Å². The van der Waals surface area contributed by atoms with E-state index >= 15 is 0 Å². The first-order valence-electron chi connectivity index (χ1n) is 8.67. The van der Waals surface area contributed by atoms with Crippen LogP contribution < -0.4 is 10.6 Å². The van der Waals surface area contributed by atoms with Crippen molar-refractivity contribution in [1.29, 1.82) is 0 Å². The first kappa shape index (κ1) is 19.0. The van der Waals surface area contributed by atoms with Gasteiger partial charge in [-0.15, -0.1) is 0 Å². The van der Waals surface area contributed by atoms with E-state index in [-0.39, 0.29) is 11.3 Å². The predicted octanol–water partition coefficient (Wildman–Crippen LogP) is 5.89. The van der Waals surface area contributed by atoms with Gasteiger partial charge in [-0.1, -0.05) is 96.0 Å². The minimum absolute atomic E-state index is 0.263. The molecule has 0 aliphatic heterocycles. The molecule has 4 rings (SSSR count). The lowest BCUT2D eigenvalue weighted by Gasteiger charge is -2.11. The van der Waals surface area contributed by atoms with E-state index in [9.17, 15) is 9.36 Å². The molecule has 0 spiro atoms. The normalized spacial score (nSPS) is 12.1. The van der Waals surface area contributed by atoms with Gasteiger partial charge < -0.3 is 4.57 Å². The molecule has 1 unspecified atom stereocenters. The van der Waals surface area contributed by atoms with Gasteiger partial charge in [0.15, 0.2) is 5.78 Å². The summed E-state index contributed by atoms with van der Waals surface area (Å²) in [5, 5.41) is 3.64. The van der Waals surface area contributed by atoms with E-state index in [1.165, 1.54) is 0 Å². The molecule has 0 N–H and O–H groups in total. The smallest absolute Gasteiger partial charge is 0.196 e. The summed E-state index contributed by atoms with van der Waals surface area (Å²) in [7, 11) is -2.20. The largest absolute Gasteiger partial charge is 0.317 e. The molecule has 0 saturated carbocycles. The summed E-state index contributed by atoms with van der Waals surface area (Å²) in [5.41, 5.74) is 0.671. The van der Waals surface area contributed by atoms with Crippen LogP contribution in [-0.4, -0.2) is 5.78 Å². The van der Waals surface area contributed by atoms with E-state index in [0.29, 0.717) is 20.9 Å². The molecule has 1 atom stereocenters. The molecule has 4 aromatic rings. The molecule has 0 fully saturated rings. The van der Waals surface area contributed by atoms with Crippen LogP contribution in [0.5, 0.6) is 0 Å². The lowest BCUT2D eigenvalue weighted by atomic mass is 9.99. The highest BCUT2D eigenvalue weighted by Crippen LogP contribution is 2.34. The van der Waals surface area contributed by atoms with Crippen molar-refractivity contribution in [2.45, 2.75) is 0 Å². The van der Waals surface area contributed by atoms with E-state index in [4.69, 9.17) is 23.2 Å². The number of carbonyl (C=O) groups excluding carboxylic acids is 1. The maximum atomic E-state index is 13.2. The fourth-order valence-corrected chi connectivity index (χ4v) is 5.25. The Hall–Kier alpha value is -2.38. The molecule has 0 heterocycles. The number of carbonyl (C=O) groups is 1. The lowest BCUT2D eigenvalue weighted by Crippen LogP contribution is -2.10. The average molecular weight is 425 g/mol. The third-order valence-electron chi connectivity index (χ3n) is 4.59. The van der Waals surface area contributed by atoms with Crippen molar-refractivity contribution in [2.24, 2.45) is 0 Å². The Morgan fingerprint density at radius 1 is 0.750 bits per heavy atom. The number of fused-ring (bicyclic) bond motifs is 1. The van der Waals surface area contributed by atoms with E-state index in [2.05, 4.69) is 0 Å². The molecule has 0 aliphatic carbocycles. The Labute approximate surface area is 173 Å². The lowest BCUT2D eigenvalue weighted by molar-refractivity contribution is 0.103. The number of halogens is 2. The number of hydrogen-bond donors (Lipinski definition) is 0. The number of hydrogen-bond acceptors (Lipinski definition) is 2. The Morgan fingerprint density at radius 3 is 2.21 bits per heavy atom. The topological polar surface area (TPSA) is 34.1 Å². The molecule has 0 bridgehead atoms. The van der Waals surface area contributed by atoms with Crippen molar-refractivity contribution in [3.05, 3.63) is 106 Å². The zero-order chi connectivity index (χ0) is 19.7. The van der Waals surface area contributed by atoms with Gasteiger partial charge in [-0.3, -0.25) is 4.79 Å². The van der Waals surface area contributed by atoms with Gasteiger partial charge in [0, 0.05) is 21.6 Å². The van der Waals surface area contributed by atoms with Crippen molar-refractivity contribution >= 4 is 58.2 Å². The Morgan fingerprint density at radius 2 is 1.43 bits per heavy atom. The van der Waals surface area contributed by atoms with E-state index in [0.717, 1.165) is 16.1 Å². The van der Waals surface area contributed by atoms with Gasteiger partial charge in [-0.2, -0.15) is 0 Å². The van der Waals surface area contributed by atoms with Gasteiger partial charge in [-0.25, -0.2) is 0 Å². The van der Waals surface area contributed by atoms with Crippen LogP contribution in [0.1, 0.15) is 15.9 Å². The monoisotopic (exact) mass is 424 g/mol. The summed E-state index contributed by atoms with van der Waals surface area (Å²) in [5.74, 6) is -0.287. The van der Waals surface area contributed by atoms with Gasteiger partial charge in [0.2, 0.25) is 0 Å². The molecule has 0 saturated heterocycles. The molecule has 0 radical (unpaired) electrons. The van der Waals surface area contributed by atoms with E-state index in [1.54, 1.807) is 30.3 Å². The Kier molecular flexibility index (Phi) is 5.37. The first-order valence-corrected chi connectivity index (χ1v) is 10.8. The summed E-state index contributed by atoms with van der Waals surface area (Å²) in [6.07, 6.45) is 0. The van der Waals surface area contributed by atoms with Gasteiger partial charge in [-0.05, 0) is 17.5 Å². The average Bonchev–Trinajstić information content (AvgIpc) is 2.74. The summed E-state index contributed by atoms with van der Waals surface area (Å²) < 4.78 is 12.9. The second-order valence-electron chi connectivity index (χ2n) is 6.37. The third kappa shape index (κ3) is 3.52. The minimum Gasteiger partial charge on any atom is -0.317 e. The molecule has 0 aromatic heterocycles. The van der Waals surface area contributed by atoms with Gasteiger partial charge in [0.1, 0.15) is 7.80 Å². The molecule has 28 heavy (non-hydrogen) atoms. The van der Waals surface area contributed by atoms with Gasteiger partial charge >= 0.3 is 0 Å². The van der Waals surface area contributed by atoms with Crippen LogP contribution in [0.4, 0.5) is 0 Å². The summed E-state index contributed by atoms with van der Waals surface area (Å²) >= 11 is 12.9. The molecule has 4 aromatic carbocycles. The number of benzene rings is 4. The highest BCUT2D eigenvalue weighted by Gasteiger charge is 2.20. The predicted molar refractivity (Wildman–Crippen MR) is 119 cm³/mol. The second-order valence-corrected chi connectivity index (χ2v) is 8.97. The van der Waals surface area contributed by atoms with Crippen LogP contribution in [0, 0.1) is 0 Å². The molecular formula is C23H15Cl2O2P. The fraction of sp³-hybridized carbons (Fsp3) is 0. The second kappa shape index (κ2) is 7.93. The maximum Gasteiger partial charge on any atom is 0.196 e. The van der Waals surface area contributed by atoms with E-state index < -0.39 is 7.80 Å². The highest BCUT2D eigenvalue weighted by atomic mass is 35.5. The van der Waals surface area contributed by atoms with Crippen molar-refractivity contribution in [2.75, 3.05) is 0 Å². The standard InChI is InChI=1S/C23H15Cl2O2P/c24-20-14-15-7-4-5-12-19(15)22(25)21(20)23(26)16-8-6-11-18(13-16)28(27)17-9-2-1-3-10-17/h1-14,28H. The first-order chi connectivity index (χ1) is 13.6. The Balaban J connectivity index is 1.78. The van der Waals surface area contributed by atoms with Crippen LogP contribution >= 0.6 is 31.0 Å². The highest BCUT2D eigenvalue weighted by molar-refractivity contribution is 7.61. The minimum atomic E-state index is -2.20. The molecule has 0 aliphatic rings. The zero-order valence-corrected chi connectivity index (χ0v) is 17.2. The summed E-state index contributed by atoms with van der Waals surface area (Å²) in [6, 6.07) is 25.3. The molecule has 0 amide bonds. The maximum absolute atomic E-state index is 13.2. The van der Waals surface area contributed by atoms with Crippen molar-refractivity contribution in [3.8, 4) is 0 Å². The van der Waals surface area contributed by atoms with Crippen LogP contribution in [0.3, 0.4) is 0 Å². The summed E-state index contributed by atoms with van der Waals surface area (Å²) in [4.78, 5) is 13.2. The zero-order valence-electron chi connectivity index (χ0n) is 14.7. The molecule has 138 valence electrons. The summed E-state index contributed by atoms with van der Waals surface area (Å²) in [6.45, 7) is 0. The van der Waals surface area contributed by atoms with Crippen molar-refractivity contribution in [1.82, 2.24) is 0 Å². The van der Waals surface area contributed by atoms with Crippen molar-refractivity contribution < 1.29 is 9.36 Å². The number of ketones is 1. The van der Waals surface area contributed by atoms with Crippen LogP contribution in [-0.2, 0) is 4.57 Å². The quantitative estimate of drug-likeness (QED) is 0.302. The van der Waals surface area contributed by atoms with E-state index in [1.807, 2.05) is 54.6 Å². The van der Waals surface area contributed by atoms with Gasteiger partial charge in [0.25, 0.3) is 0 Å². The van der Waals surface area contributed by atoms with Crippen LogP contribution in [0.2, 0.25) is 10.0 Å². The molecule has 2 nitrogen and oxygen atoms in total. The molecular weight excluding hydrogens is 410 g/mol. The third-order valence-corrected chi connectivity index (χ3v) is 6.97. The SMILES string of the molecule is O=C(c1cccc([PH](=O)c2ccccc2)c1)c1c(Cl)cc2ccccc2c1Cl. The van der Waals surface area contributed by atoms with Crippen molar-refractivity contribution in [3.63, 3.8) is 0 Å². The Bertz CT molecular complexity index is 1220. The van der Waals surface area contributed by atoms with Crippen LogP contribution in [0.15, 0.2) is 84.9 Å². The fourth-order valence-electron chi connectivity index (χ4n) is 3.18. The number of rotatable bonds is 4. The molecule has 5 heteroatoms. The van der Waals surface area contributed by atoms with Gasteiger partial charge in [0.05, 0.1) is 15.6 Å².